The van der Waals surface area contributed by atoms with E-state index in [2.05, 4.69) is 243 Å². The standard InChI is InChI=1S/C49H87B33/c1-16-17(2)22(7)32-29(14)34(28(13)27(12)31(32)21(16)6)35-25(10)20(5)26(11)37-38(35)30(15)33-23(8)18(3)19(4)24(9)36(33)39(37)41-44(68-51)43(50)40-42(45(41)72(55)69-52)46(73(56)77(57)58)48(74(70-53)78(59)60)49(75(79(61)62)80(63)64)47(40)76(81(65)66)82(67)71-54/h18-19,68-71H,50-67H2,1-15H3. The van der Waals surface area contributed by atoms with Gasteiger partial charge in [-0.2, -0.15) is 0 Å². The second-order valence-electron chi connectivity index (χ2n) is 29.6. The Kier molecular flexibility index (Phi) is 21.1. The van der Waals surface area contributed by atoms with Crippen molar-refractivity contribution >= 4 is 320 Å². The molecule has 0 amide bonds. The number of fused-ring (bicyclic) bond motifs is 4. The Bertz CT molecular complexity index is 3700. The van der Waals surface area contributed by atoms with Gasteiger partial charge in [-0.1, -0.05) is 52.3 Å². The molecule has 0 saturated carbocycles. The van der Waals surface area contributed by atoms with E-state index in [1.54, 1.807) is 76.5 Å². The van der Waals surface area contributed by atoms with Crippen LogP contribution in [0.4, 0.5) is 0 Å². The Balaban J connectivity index is 2.05. The summed E-state index contributed by atoms with van der Waals surface area (Å²) >= 11 is 0. The van der Waals surface area contributed by atoms with Gasteiger partial charge in [-0.15, -0.1) is 10.9 Å². The Morgan fingerprint density at radius 2 is 0.793 bits per heavy atom. The summed E-state index contributed by atoms with van der Waals surface area (Å²) in [7, 11) is 50.6. The first-order chi connectivity index (χ1) is 38.2. The van der Waals surface area contributed by atoms with Gasteiger partial charge < -0.3 is 0 Å². The molecule has 0 fully saturated rings. The Morgan fingerprint density at radius 3 is 1.24 bits per heavy atom. The van der Waals surface area contributed by atoms with Crippen molar-refractivity contribution in [2.24, 2.45) is 11.8 Å². The van der Waals surface area contributed by atoms with Gasteiger partial charge in [0.2, 0.25) is 0 Å². The van der Waals surface area contributed by atoms with Crippen LogP contribution in [0.1, 0.15) is 88.9 Å². The molecule has 1 aliphatic carbocycles. The molecule has 2 atom stereocenters. The number of aryl methyl sites for hydroxylation is 6. The first kappa shape index (κ1) is 67.5. The largest absolute Gasteiger partial charge is 0.139 e. The number of rotatable bonds is 17. The molecule has 382 valence electrons. The molecule has 33 heteroatoms. The second kappa shape index (κ2) is 25.6. The van der Waals surface area contributed by atoms with Crippen molar-refractivity contribution in [1.82, 2.24) is 0 Å². The third-order valence-electron chi connectivity index (χ3n) is 24.0. The first-order valence-electron chi connectivity index (χ1n) is 33.7. The van der Waals surface area contributed by atoms with Gasteiger partial charge in [-0.25, -0.2) is 0 Å². The van der Waals surface area contributed by atoms with Crippen LogP contribution in [0.5, 0.6) is 0 Å². The topological polar surface area (TPSA) is 0 Å². The van der Waals surface area contributed by atoms with Crippen LogP contribution in [0, 0.1) is 88.0 Å². The predicted molar refractivity (Wildman–Crippen MR) is 461 cm³/mol. The Hall–Kier alpha value is -2.02. The van der Waals surface area contributed by atoms with Gasteiger partial charge in [0.1, 0.15) is 15.0 Å². The zero-order valence-electron chi connectivity index (χ0n) is 59.3. The van der Waals surface area contributed by atoms with E-state index >= 15 is 0 Å². The maximum absolute atomic E-state index is 2.66. The van der Waals surface area contributed by atoms with Crippen molar-refractivity contribution in [3.05, 3.63) is 71.6 Å². The molecular formula is C49H87B33. The molecule has 82 heavy (non-hydrogen) atoms. The average Bonchev–Trinajstić information content (AvgIpc) is 3.59. The summed E-state index contributed by atoms with van der Waals surface area (Å²) in [6.45, 7) is 39.0. The lowest BCUT2D eigenvalue weighted by Gasteiger charge is -2.42. The summed E-state index contributed by atoms with van der Waals surface area (Å²) in [6.07, 6.45) is 2.99. The van der Waals surface area contributed by atoms with Crippen LogP contribution >= 0.6 is 0 Å². The van der Waals surface area contributed by atoms with Crippen LogP contribution in [0.2, 0.25) is 0 Å². The summed E-state index contributed by atoms with van der Waals surface area (Å²) in [4.78, 5) is 0. The van der Waals surface area contributed by atoms with Crippen LogP contribution in [-0.2, 0) is 0 Å². The SMILES string of the molecule is BBB(B)B(B(B)B)c1c(B(B(B)B)B(B)B)c(B(BB)B(B)B)c(B(B)B(B)B)c2c(B(B)BB)c(-c3c4c(c(C)c5c(-c6c(C)c(C)c7c(C)c(C)c(C)c(C)c7c6C)c(C)c(C)c(C)c35)=C(C)C(C)C(C)C=4C)c(BB)c(B)c12. The van der Waals surface area contributed by atoms with E-state index in [1.165, 1.54) is 106 Å². The molecular weight excluding hydrogens is 945 g/mol. The van der Waals surface area contributed by atoms with Gasteiger partial charge in [0.05, 0.1) is 178 Å². The highest BCUT2D eigenvalue weighted by atomic mass is 14.3. The fourth-order valence-corrected chi connectivity index (χ4v) is 17.9. The molecule has 1 aliphatic rings. The quantitative estimate of drug-likeness (QED) is 0.0799. The lowest BCUT2D eigenvalue weighted by atomic mass is 8.66. The molecule has 0 nitrogen and oxygen atoms in total. The second-order valence-corrected chi connectivity index (χ2v) is 29.6. The Morgan fingerprint density at radius 1 is 0.341 bits per heavy atom. The lowest BCUT2D eigenvalue weighted by Crippen LogP contribution is -2.80. The van der Waals surface area contributed by atoms with E-state index in [9.17, 15) is 0 Å². The molecule has 0 saturated heterocycles. The maximum atomic E-state index is 2.66. The molecule has 0 N–H and O–H groups in total. The van der Waals surface area contributed by atoms with E-state index in [-0.39, 0.29) is 0 Å². The van der Waals surface area contributed by atoms with Crippen molar-refractivity contribution < 1.29 is 0 Å². The van der Waals surface area contributed by atoms with E-state index in [0.717, 1.165) is 21.3 Å². The molecule has 0 radical (unpaired) electrons. The zero-order chi connectivity index (χ0) is 61.8. The highest BCUT2D eigenvalue weighted by Gasteiger charge is 2.44. The van der Waals surface area contributed by atoms with E-state index in [0.29, 0.717) is 82.6 Å². The molecule has 0 bridgehead atoms. The van der Waals surface area contributed by atoms with Crippen molar-refractivity contribution in [1.29, 1.82) is 0 Å². The minimum Gasteiger partial charge on any atom is -0.113 e. The summed E-state index contributed by atoms with van der Waals surface area (Å²) < 4.78 is 0. The average molecular weight is 1030 g/mol. The number of benzene rings is 6. The van der Waals surface area contributed by atoms with Gasteiger partial charge in [-0.05, 0) is 228 Å². The van der Waals surface area contributed by atoms with Crippen LogP contribution in [0.15, 0.2) is 0 Å². The molecule has 0 aliphatic heterocycles. The molecule has 0 heterocycles. The van der Waals surface area contributed by atoms with Gasteiger partial charge in [-0.3, -0.25) is 0 Å². The Labute approximate surface area is 525 Å². The van der Waals surface area contributed by atoms with Crippen molar-refractivity contribution in [2.45, 2.75) is 104 Å². The monoisotopic (exact) mass is 1040 g/mol. The summed E-state index contributed by atoms with van der Waals surface area (Å²) in [6, 6.07) is 0. The van der Waals surface area contributed by atoms with Crippen molar-refractivity contribution in [2.75, 3.05) is 0 Å². The minimum atomic E-state index is 0.313. The van der Waals surface area contributed by atoms with Crippen LogP contribution in [0.3, 0.4) is 0 Å². The molecule has 0 spiro atoms. The fraction of sp³-hybridized carbons (Fsp3) is 0.347. The number of hydrogen-bond acceptors (Lipinski definition) is 0. The minimum absolute atomic E-state index is 0.313. The first-order valence-corrected chi connectivity index (χ1v) is 33.7. The van der Waals surface area contributed by atoms with Gasteiger partial charge >= 0.3 is 0 Å². The van der Waals surface area contributed by atoms with E-state index < -0.39 is 0 Å². The normalized spacial score (nSPS) is 13.9. The molecule has 2 unspecified atom stereocenters. The molecule has 7 rings (SSSR count). The lowest BCUT2D eigenvalue weighted by molar-refractivity contribution is 0.570. The van der Waals surface area contributed by atoms with Crippen molar-refractivity contribution in [3.8, 4) is 22.3 Å². The number of hydrogen-bond donors (Lipinski definition) is 0. The van der Waals surface area contributed by atoms with Crippen molar-refractivity contribution in [3.63, 3.8) is 0 Å². The van der Waals surface area contributed by atoms with Crippen LogP contribution in [0.25, 0.3) is 65.7 Å². The zero-order valence-corrected chi connectivity index (χ0v) is 59.3. The molecule has 0 aromatic heterocycles. The van der Waals surface area contributed by atoms with E-state index in [1.807, 2.05) is 0 Å². The van der Waals surface area contributed by atoms with Crippen LogP contribution in [-0.4, -0.2) is 239 Å². The van der Waals surface area contributed by atoms with Gasteiger partial charge in [0.25, 0.3) is 0 Å². The van der Waals surface area contributed by atoms with Gasteiger partial charge in [0.15, 0.2) is 0 Å². The highest BCUT2D eigenvalue weighted by molar-refractivity contribution is 7.89. The highest BCUT2D eigenvalue weighted by Crippen LogP contribution is 2.48. The summed E-state index contributed by atoms with van der Waals surface area (Å²) in [5, 5.41) is 12.3. The smallest absolute Gasteiger partial charge is 0.113 e. The molecule has 6 aromatic rings. The van der Waals surface area contributed by atoms with Crippen LogP contribution < -0.4 is 48.7 Å². The third-order valence-corrected chi connectivity index (χ3v) is 24.0. The fourth-order valence-electron chi connectivity index (χ4n) is 17.9. The summed E-state index contributed by atoms with van der Waals surface area (Å²) in [5.74, 6) is 0.847. The summed E-state index contributed by atoms with van der Waals surface area (Å²) in [5.41, 5.74) is 36.8. The predicted octanol–water partition coefficient (Wildman–Crippen LogP) is -16.6. The van der Waals surface area contributed by atoms with Gasteiger partial charge in [0, 0.05) is 45.4 Å². The van der Waals surface area contributed by atoms with E-state index in [4.69, 9.17) is 0 Å². The third kappa shape index (κ3) is 10.5. The molecule has 6 aromatic carbocycles. The maximum Gasteiger partial charge on any atom is 0.139 e.